The van der Waals surface area contributed by atoms with Crippen LogP contribution in [0.2, 0.25) is 0 Å². The molecule has 1 aromatic rings. The van der Waals surface area contributed by atoms with Gasteiger partial charge in [-0.15, -0.1) is 0 Å². The van der Waals surface area contributed by atoms with Crippen LogP contribution < -0.4 is 10.6 Å². The molecule has 3 atom stereocenters. The molecule has 3 unspecified atom stereocenters. The number of carbonyl (C=O) groups excluding carboxylic acids is 3. The van der Waals surface area contributed by atoms with Crippen LogP contribution in [0, 0.1) is 17.7 Å². The fourth-order valence-electron chi connectivity index (χ4n) is 3.59. The lowest BCUT2D eigenvalue weighted by Gasteiger charge is -2.29. The smallest absolute Gasteiger partial charge is 0.234 e. The van der Waals surface area contributed by atoms with Crippen LogP contribution >= 0.6 is 0 Å². The monoisotopic (exact) mass is 332 g/mol. The van der Waals surface area contributed by atoms with E-state index in [9.17, 15) is 18.8 Å². The molecule has 24 heavy (non-hydrogen) atoms. The molecule has 2 aliphatic heterocycles. The molecule has 6 heteroatoms. The number of halogens is 1. The van der Waals surface area contributed by atoms with Crippen molar-refractivity contribution in [2.24, 2.45) is 11.8 Å². The van der Waals surface area contributed by atoms with Gasteiger partial charge in [-0.25, -0.2) is 4.39 Å². The normalized spacial score (nSPS) is 27.6. The Morgan fingerprint density at radius 1 is 1.25 bits per heavy atom. The van der Waals surface area contributed by atoms with Crippen molar-refractivity contribution in [3.8, 4) is 0 Å². The maximum atomic E-state index is 14.5. The summed E-state index contributed by atoms with van der Waals surface area (Å²) in [6.45, 7) is 1.52. The van der Waals surface area contributed by atoms with Gasteiger partial charge in [-0.1, -0.05) is 12.1 Å². The lowest BCUT2D eigenvalue weighted by Crippen LogP contribution is -2.39. The van der Waals surface area contributed by atoms with Gasteiger partial charge in [0.1, 0.15) is 12.1 Å². The van der Waals surface area contributed by atoms with E-state index in [1.165, 1.54) is 6.07 Å². The molecule has 3 rings (SSSR count). The number of benzene rings is 1. The van der Waals surface area contributed by atoms with Crippen LogP contribution in [0.5, 0.6) is 0 Å². The molecule has 2 heterocycles. The number of piperidine rings is 2. The Labute approximate surface area is 140 Å². The van der Waals surface area contributed by atoms with Gasteiger partial charge in [0.25, 0.3) is 0 Å². The molecule has 2 N–H and O–H groups in total. The van der Waals surface area contributed by atoms with Crippen LogP contribution in [0.15, 0.2) is 18.2 Å². The Balaban J connectivity index is 1.74. The fraction of sp³-hybridized carbons (Fsp3) is 0.500. The summed E-state index contributed by atoms with van der Waals surface area (Å²) in [6.07, 6.45) is 2.93. The van der Waals surface area contributed by atoms with Crippen molar-refractivity contribution in [3.05, 3.63) is 35.1 Å². The summed E-state index contributed by atoms with van der Waals surface area (Å²) in [4.78, 5) is 34.3. The second-order valence-electron chi connectivity index (χ2n) is 6.61. The van der Waals surface area contributed by atoms with E-state index in [1.54, 1.807) is 12.1 Å². The van der Waals surface area contributed by atoms with Crippen LogP contribution in [0.4, 0.5) is 4.39 Å². The zero-order valence-corrected chi connectivity index (χ0v) is 13.4. The largest absolute Gasteiger partial charge is 0.316 e. The Bertz CT molecular complexity index is 662. The average molecular weight is 332 g/mol. The van der Waals surface area contributed by atoms with Gasteiger partial charge in [-0.2, -0.15) is 0 Å². The molecule has 2 saturated heterocycles. The molecule has 0 radical (unpaired) electrons. The maximum Gasteiger partial charge on any atom is 0.234 e. The van der Waals surface area contributed by atoms with E-state index in [0.717, 1.165) is 19.3 Å². The molecular formula is C18H21FN2O3. The van der Waals surface area contributed by atoms with Crippen molar-refractivity contribution >= 4 is 18.1 Å². The van der Waals surface area contributed by atoms with Crippen molar-refractivity contribution in [3.63, 3.8) is 0 Å². The topological polar surface area (TPSA) is 75.3 Å². The number of nitrogens with one attached hydrogen (secondary N) is 2. The van der Waals surface area contributed by atoms with E-state index in [4.69, 9.17) is 0 Å². The van der Waals surface area contributed by atoms with Crippen molar-refractivity contribution < 1.29 is 18.8 Å². The number of aldehydes is 1. The summed E-state index contributed by atoms with van der Waals surface area (Å²) < 4.78 is 14.5. The molecule has 0 aromatic heterocycles. The van der Waals surface area contributed by atoms with Gasteiger partial charge in [0.05, 0.1) is 5.92 Å². The van der Waals surface area contributed by atoms with Gasteiger partial charge in [0.15, 0.2) is 0 Å². The van der Waals surface area contributed by atoms with E-state index < -0.39 is 5.92 Å². The first-order valence-corrected chi connectivity index (χ1v) is 8.36. The zero-order valence-electron chi connectivity index (χ0n) is 13.4. The highest BCUT2D eigenvalue weighted by Gasteiger charge is 2.29. The molecule has 2 amide bonds. The molecule has 128 valence electrons. The first kappa shape index (κ1) is 16.8. The van der Waals surface area contributed by atoms with Gasteiger partial charge < -0.3 is 10.1 Å². The maximum absolute atomic E-state index is 14.5. The minimum Gasteiger partial charge on any atom is -0.316 e. The molecule has 0 bridgehead atoms. The first-order valence-electron chi connectivity index (χ1n) is 8.36. The van der Waals surface area contributed by atoms with Crippen molar-refractivity contribution in [1.29, 1.82) is 0 Å². The number of amides is 2. The highest BCUT2D eigenvalue weighted by atomic mass is 19.1. The molecule has 5 nitrogen and oxygen atoms in total. The van der Waals surface area contributed by atoms with Crippen molar-refractivity contribution in [2.45, 2.75) is 31.6 Å². The zero-order chi connectivity index (χ0) is 17.1. The SMILES string of the molecule is O=CC1CCNCC1Cc1ccc(C2CCC(=O)NC2=O)cc1F. The van der Waals surface area contributed by atoms with Gasteiger partial charge in [0.2, 0.25) is 11.8 Å². The molecule has 1 aromatic carbocycles. The summed E-state index contributed by atoms with van der Waals surface area (Å²) in [7, 11) is 0. The van der Waals surface area contributed by atoms with Crippen LogP contribution in [0.3, 0.4) is 0 Å². The van der Waals surface area contributed by atoms with E-state index in [0.29, 0.717) is 30.5 Å². The summed E-state index contributed by atoms with van der Waals surface area (Å²) >= 11 is 0. The lowest BCUT2D eigenvalue weighted by molar-refractivity contribution is -0.134. The summed E-state index contributed by atoms with van der Waals surface area (Å²) in [6, 6.07) is 4.84. The fourth-order valence-corrected chi connectivity index (χ4v) is 3.59. The number of hydrogen-bond acceptors (Lipinski definition) is 4. The Kier molecular flexibility index (Phi) is 5.04. The minimum atomic E-state index is -0.481. The number of carbonyl (C=O) groups is 3. The standard InChI is InChI=1S/C18H21FN2O3/c19-16-8-11(15-3-4-17(23)21-18(15)24)1-2-12(16)7-14-9-20-6-5-13(14)10-22/h1-2,8,10,13-15,20H,3-7,9H2,(H,21,23,24). The molecule has 2 fully saturated rings. The number of rotatable bonds is 4. The average Bonchev–Trinajstić information content (AvgIpc) is 2.57. The molecule has 0 saturated carbocycles. The van der Waals surface area contributed by atoms with E-state index in [-0.39, 0.29) is 35.9 Å². The van der Waals surface area contributed by atoms with Gasteiger partial charge >= 0.3 is 0 Å². The van der Waals surface area contributed by atoms with E-state index in [2.05, 4.69) is 10.6 Å². The third-order valence-corrected chi connectivity index (χ3v) is 5.04. The Hall–Kier alpha value is -2.08. The van der Waals surface area contributed by atoms with Crippen LogP contribution in [-0.2, 0) is 20.8 Å². The summed E-state index contributed by atoms with van der Waals surface area (Å²) in [5, 5.41) is 5.54. The third kappa shape index (κ3) is 3.53. The lowest BCUT2D eigenvalue weighted by atomic mass is 9.82. The van der Waals surface area contributed by atoms with E-state index >= 15 is 0 Å². The number of hydrogen-bond donors (Lipinski definition) is 2. The quantitative estimate of drug-likeness (QED) is 0.644. The minimum absolute atomic E-state index is 0.0412. The van der Waals surface area contributed by atoms with Crippen LogP contribution in [0.1, 0.15) is 36.3 Å². The number of imide groups is 1. The second-order valence-corrected chi connectivity index (χ2v) is 6.61. The summed E-state index contributed by atoms with van der Waals surface area (Å²) in [5.41, 5.74) is 1.15. The highest BCUT2D eigenvalue weighted by molar-refractivity contribution is 6.00. The van der Waals surface area contributed by atoms with E-state index in [1.807, 2.05) is 0 Å². The summed E-state index contributed by atoms with van der Waals surface area (Å²) in [5.74, 6) is -1.43. The van der Waals surface area contributed by atoms with Crippen molar-refractivity contribution in [1.82, 2.24) is 10.6 Å². The third-order valence-electron chi connectivity index (χ3n) is 5.04. The van der Waals surface area contributed by atoms with Gasteiger partial charge in [0, 0.05) is 12.3 Å². The van der Waals surface area contributed by atoms with Gasteiger partial charge in [-0.05, 0) is 55.5 Å². The van der Waals surface area contributed by atoms with Crippen LogP contribution in [0.25, 0.3) is 0 Å². The second kappa shape index (κ2) is 7.21. The molecule has 2 aliphatic rings. The predicted octanol–water partition coefficient (Wildman–Crippen LogP) is 1.31. The predicted molar refractivity (Wildman–Crippen MR) is 85.8 cm³/mol. The first-order chi connectivity index (χ1) is 11.6. The van der Waals surface area contributed by atoms with Crippen LogP contribution in [-0.4, -0.2) is 31.2 Å². The Morgan fingerprint density at radius 2 is 2.08 bits per heavy atom. The molecule has 0 spiro atoms. The molecular weight excluding hydrogens is 311 g/mol. The Morgan fingerprint density at radius 3 is 2.79 bits per heavy atom. The molecule has 0 aliphatic carbocycles. The van der Waals surface area contributed by atoms with Crippen molar-refractivity contribution in [2.75, 3.05) is 13.1 Å². The highest BCUT2D eigenvalue weighted by Crippen LogP contribution is 2.28. The van der Waals surface area contributed by atoms with Gasteiger partial charge in [-0.3, -0.25) is 14.9 Å².